The molecular weight excluding hydrogens is 258 g/mol. The van der Waals surface area contributed by atoms with Gasteiger partial charge in [0.15, 0.2) is 0 Å². The Morgan fingerprint density at radius 1 is 1.45 bits per heavy atom. The van der Waals surface area contributed by atoms with E-state index in [1.807, 2.05) is 13.8 Å². The molecule has 0 aliphatic rings. The van der Waals surface area contributed by atoms with Crippen LogP contribution in [-0.4, -0.2) is 39.5 Å². The van der Waals surface area contributed by atoms with Gasteiger partial charge >= 0.3 is 5.97 Å². The van der Waals surface area contributed by atoms with Gasteiger partial charge < -0.3 is 15.7 Å². The number of carboxylic acid groups (broad SMARTS) is 1. The summed E-state index contributed by atoms with van der Waals surface area (Å²) in [6.07, 6.45) is 2.06. The Bertz CT molecular complexity index is 474. The SMILES string of the molecule is CC(C)N(CCCC(=O)O)C(=O)c1ccnc(CN)c1. The lowest BCUT2D eigenvalue weighted by Gasteiger charge is -2.26. The van der Waals surface area contributed by atoms with Gasteiger partial charge in [-0.25, -0.2) is 0 Å². The van der Waals surface area contributed by atoms with Crippen LogP contribution in [-0.2, 0) is 11.3 Å². The Morgan fingerprint density at radius 3 is 2.70 bits per heavy atom. The number of carboxylic acids is 1. The molecule has 0 unspecified atom stereocenters. The molecule has 1 aromatic rings. The van der Waals surface area contributed by atoms with Gasteiger partial charge in [0.05, 0.1) is 5.69 Å². The molecule has 0 atom stereocenters. The highest BCUT2D eigenvalue weighted by Gasteiger charge is 2.19. The molecule has 0 aromatic carbocycles. The zero-order valence-electron chi connectivity index (χ0n) is 11.9. The summed E-state index contributed by atoms with van der Waals surface area (Å²) in [4.78, 5) is 28.7. The highest BCUT2D eigenvalue weighted by molar-refractivity contribution is 5.94. The number of rotatable bonds is 7. The second-order valence-corrected chi connectivity index (χ2v) is 4.83. The van der Waals surface area contributed by atoms with Gasteiger partial charge in [-0.3, -0.25) is 14.6 Å². The molecule has 3 N–H and O–H groups in total. The van der Waals surface area contributed by atoms with E-state index in [1.54, 1.807) is 23.2 Å². The van der Waals surface area contributed by atoms with Crippen LogP contribution in [0.25, 0.3) is 0 Å². The average Bonchev–Trinajstić information content (AvgIpc) is 2.42. The maximum absolute atomic E-state index is 12.4. The van der Waals surface area contributed by atoms with Crippen molar-refractivity contribution in [1.82, 2.24) is 9.88 Å². The summed E-state index contributed by atoms with van der Waals surface area (Å²) >= 11 is 0. The van der Waals surface area contributed by atoms with E-state index < -0.39 is 5.97 Å². The minimum Gasteiger partial charge on any atom is -0.481 e. The van der Waals surface area contributed by atoms with Crippen molar-refractivity contribution in [2.24, 2.45) is 5.73 Å². The molecule has 0 radical (unpaired) electrons. The van der Waals surface area contributed by atoms with Crippen molar-refractivity contribution in [2.75, 3.05) is 6.54 Å². The van der Waals surface area contributed by atoms with Crippen LogP contribution in [0.5, 0.6) is 0 Å². The van der Waals surface area contributed by atoms with Crippen molar-refractivity contribution in [3.8, 4) is 0 Å². The van der Waals surface area contributed by atoms with Crippen LogP contribution in [0.15, 0.2) is 18.3 Å². The number of nitrogens with two attached hydrogens (primary N) is 1. The molecule has 1 rings (SSSR count). The van der Waals surface area contributed by atoms with Crippen molar-refractivity contribution in [2.45, 2.75) is 39.3 Å². The average molecular weight is 279 g/mol. The van der Waals surface area contributed by atoms with E-state index in [2.05, 4.69) is 4.98 Å². The number of aromatic nitrogens is 1. The first-order valence-electron chi connectivity index (χ1n) is 6.63. The Hall–Kier alpha value is -1.95. The van der Waals surface area contributed by atoms with E-state index in [9.17, 15) is 9.59 Å². The first kappa shape index (κ1) is 16.1. The molecule has 0 fully saturated rings. The molecule has 6 heteroatoms. The van der Waals surface area contributed by atoms with E-state index in [0.29, 0.717) is 24.2 Å². The molecule has 0 saturated heterocycles. The number of nitrogens with zero attached hydrogens (tertiary/aromatic N) is 2. The minimum absolute atomic E-state index is 0.00536. The van der Waals surface area contributed by atoms with E-state index in [4.69, 9.17) is 10.8 Å². The van der Waals surface area contributed by atoms with Gasteiger partial charge in [-0.15, -0.1) is 0 Å². The van der Waals surface area contributed by atoms with E-state index in [0.717, 1.165) is 0 Å². The van der Waals surface area contributed by atoms with Crippen molar-refractivity contribution >= 4 is 11.9 Å². The van der Waals surface area contributed by atoms with Gasteiger partial charge in [0, 0.05) is 37.3 Å². The first-order valence-corrected chi connectivity index (χ1v) is 6.63. The summed E-state index contributed by atoms with van der Waals surface area (Å²) < 4.78 is 0. The van der Waals surface area contributed by atoms with Crippen molar-refractivity contribution in [1.29, 1.82) is 0 Å². The van der Waals surface area contributed by atoms with Crippen LogP contribution in [0.4, 0.5) is 0 Å². The van der Waals surface area contributed by atoms with Crippen LogP contribution in [0.3, 0.4) is 0 Å². The smallest absolute Gasteiger partial charge is 0.303 e. The molecule has 6 nitrogen and oxygen atoms in total. The lowest BCUT2D eigenvalue weighted by molar-refractivity contribution is -0.137. The number of pyridine rings is 1. The summed E-state index contributed by atoms with van der Waals surface area (Å²) in [6, 6.07) is 3.33. The molecule has 0 aliphatic carbocycles. The third-order valence-electron chi connectivity index (χ3n) is 2.95. The van der Waals surface area contributed by atoms with Gasteiger partial charge in [-0.1, -0.05) is 0 Å². The number of hydrogen-bond acceptors (Lipinski definition) is 4. The molecule has 1 amide bonds. The minimum atomic E-state index is -0.851. The van der Waals surface area contributed by atoms with Gasteiger partial charge in [0.2, 0.25) is 0 Å². The second kappa shape index (κ2) is 7.59. The molecule has 0 saturated carbocycles. The zero-order chi connectivity index (χ0) is 15.1. The number of amides is 1. The van der Waals surface area contributed by atoms with Gasteiger partial charge in [-0.2, -0.15) is 0 Å². The Labute approximate surface area is 118 Å². The summed E-state index contributed by atoms with van der Waals surface area (Å²) in [5, 5.41) is 8.66. The summed E-state index contributed by atoms with van der Waals surface area (Å²) in [6.45, 7) is 4.51. The van der Waals surface area contributed by atoms with Crippen LogP contribution >= 0.6 is 0 Å². The number of carbonyl (C=O) groups excluding carboxylic acids is 1. The zero-order valence-corrected chi connectivity index (χ0v) is 11.9. The number of hydrogen-bond donors (Lipinski definition) is 2. The fraction of sp³-hybridized carbons (Fsp3) is 0.500. The van der Waals surface area contributed by atoms with Crippen LogP contribution in [0.1, 0.15) is 42.7 Å². The molecular formula is C14H21N3O3. The third kappa shape index (κ3) is 4.62. The molecule has 1 aromatic heterocycles. The van der Waals surface area contributed by atoms with Crippen molar-refractivity contribution in [3.05, 3.63) is 29.6 Å². The molecule has 20 heavy (non-hydrogen) atoms. The lowest BCUT2D eigenvalue weighted by atomic mass is 10.1. The monoisotopic (exact) mass is 279 g/mol. The molecule has 0 spiro atoms. The summed E-state index contributed by atoms with van der Waals surface area (Å²) in [5.41, 5.74) is 6.71. The molecule has 0 aliphatic heterocycles. The number of carbonyl (C=O) groups is 2. The molecule has 0 bridgehead atoms. The summed E-state index contributed by atoms with van der Waals surface area (Å²) in [5.74, 6) is -0.974. The maximum atomic E-state index is 12.4. The Kier molecular flexibility index (Phi) is 6.11. The van der Waals surface area contributed by atoms with Crippen LogP contribution in [0, 0.1) is 0 Å². The van der Waals surface area contributed by atoms with Gasteiger partial charge in [-0.05, 0) is 32.4 Å². The van der Waals surface area contributed by atoms with E-state index in [1.165, 1.54) is 0 Å². The fourth-order valence-corrected chi connectivity index (χ4v) is 1.88. The molecule has 110 valence electrons. The highest BCUT2D eigenvalue weighted by atomic mass is 16.4. The topological polar surface area (TPSA) is 96.5 Å². The van der Waals surface area contributed by atoms with Crippen molar-refractivity contribution in [3.63, 3.8) is 0 Å². The Morgan fingerprint density at radius 2 is 2.15 bits per heavy atom. The largest absolute Gasteiger partial charge is 0.481 e. The Balaban J connectivity index is 2.79. The van der Waals surface area contributed by atoms with E-state index >= 15 is 0 Å². The second-order valence-electron chi connectivity index (χ2n) is 4.83. The third-order valence-corrected chi connectivity index (χ3v) is 2.95. The van der Waals surface area contributed by atoms with E-state index in [-0.39, 0.29) is 24.9 Å². The van der Waals surface area contributed by atoms with Crippen LogP contribution in [0.2, 0.25) is 0 Å². The molecule has 1 heterocycles. The quantitative estimate of drug-likeness (QED) is 0.783. The predicted molar refractivity (Wildman–Crippen MR) is 75.2 cm³/mol. The van der Waals surface area contributed by atoms with Crippen molar-refractivity contribution < 1.29 is 14.7 Å². The normalized spacial score (nSPS) is 10.6. The standard InChI is InChI=1S/C14H21N3O3/c1-10(2)17(7-3-4-13(18)19)14(20)11-5-6-16-12(8-11)9-15/h5-6,8,10H,3-4,7,9,15H2,1-2H3,(H,18,19). The summed E-state index contributed by atoms with van der Waals surface area (Å²) in [7, 11) is 0. The predicted octanol–water partition coefficient (Wildman–Crippen LogP) is 1.26. The lowest BCUT2D eigenvalue weighted by Crippen LogP contribution is -2.38. The highest BCUT2D eigenvalue weighted by Crippen LogP contribution is 2.10. The van der Waals surface area contributed by atoms with Crippen LogP contribution < -0.4 is 5.73 Å². The van der Waals surface area contributed by atoms with Gasteiger partial charge in [0.1, 0.15) is 0 Å². The number of aliphatic carboxylic acids is 1. The van der Waals surface area contributed by atoms with Gasteiger partial charge in [0.25, 0.3) is 5.91 Å². The first-order chi connectivity index (χ1) is 9.45. The maximum Gasteiger partial charge on any atom is 0.303 e. The fourth-order valence-electron chi connectivity index (χ4n) is 1.88.